The van der Waals surface area contributed by atoms with Crippen LogP contribution in [0.1, 0.15) is 31.3 Å². The minimum atomic E-state index is -2.81. The predicted octanol–water partition coefficient (Wildman–Crippen LogP) is 3.44. The molecule has 0 radical (unpaired) electrons. The number of carboxylic acids is 1. The van der Waals surface area contributed by atoms with Crippen molar-refractivity contribution in [3.63, 3.8) is 0 Å². The van der Waals surface area contributed by atoms with Gasteiger partial charge in [-0.1, -0.05) is 0 Å². The van der Waals surface area contributed by atoms with E-state index >= 15 is 0 Å². The van der Waals surface area contributed by atoms with Crippen molar-refractivity contribution in [1.82, 2.24) is 9.97 Å². The van der Waals surface area contributed by atoms with Gasteiger partial charge >= 0.3 is 12.1 Å². The average molecular weight is 369 g/mol. The van der Waals surface area contributed by atoms with Gasteiger partial charge in [-0.15, -0.1) is 0 Å². The molecule has 1 N–H and O–H groups in total. The van der Waals surface area contributed by atoms with Crippen molar-refractivity contribution in [3.8, 4) is 11.5 Å². The average Bonchev–Trinajstić information content (AvgIpc) is 3.01. The van der Waals surface area contributed by atoms with Crippen LogP contribution in [0, 0.1) is 0 Å². The Balaban J connectivity index is 2.36. The van der Waals surface area contributed by atoms with Crippen molar-refractivity contribution >= 4 is 17.9 Å². The summed E-state index contributed by atoms with van der Waals surface area (Å²) in [6.07, 6.45) is -1.59. The number of halogens is 2. The molecule has 0 unspecified atom stereocenters. The molecule has 0 aliphatic rings. The Morgan fingerprint density at radius 3 is 2.62 bits per heavy atom. The molecule has 26 heavy (non-hydrogen) atoms. The Morgan fingerprint density at radius 1 is 1.38 bits per heavy atom. The minimum absolute atomic E-state index is 0.0489. The molecule has 8 nitrogen and oxygen atoms in total. The standard InChI is InChI=1S/C16H17F2N3O5/c1-16(2,3)26-15(24)21(7-11(17)18)12-6-9(4-5-19-12)13-20-10(8-25-13)14(22)23/h4-6,8,11H,7H2,1-3H3,(H,22,23). The number of anilines is 1. The lowest BCUT2D eigenvalue weighted by Crippen LogP contribution is -2.40. The van der Waals surface area contributed by atoms with Gasteiger partial charge in [0.15, 0.2) is 5.69 Å². The van der Waals surface area contributed by atoms with E-state index in [1.807, 2.05) is 0 Å². The number of carbonyl (C=O) groups is 2. The highest BCUT2D eigenvalue weighted by Gasteiger charge is 2.27. The first-order valence-electron chi connectivity index (χ1n) is 7.51. The first-order valence-corrected chi connectivity index (χ1v) is 7.51. The fourth-order valence-corrected chi connectivity index (χ4v) is 1.92. The highest BCUT2D eigenvalue weighted by molar-refractivity contribution is 5.88. The molecule has 0 bridgehead atoms. The number of amides is 1. The van der Waals surface area contributed by atoms with Crippen LogP contribution in [-0.2, 0) is 4.74 Å². The van der Waals surface area contributed by atoms with E-state index in [1.54, 1.807) is 20.8 Å². The number of pyridine rings is 1. The van der Waals surface area contributed by atoms with E-state index < -0.39 is 30.6 Å². The monoisotopic (exact) mass is 369 g/mol. The topological polar surface area (TPSA) is 106 Å². The van der Waals surface area contributed by atoms with Gasteiger partial charge in [0.1, 0.15) is 17.7 Å². The Hall–Kier alpha value is -3.04. The minimum Gasteiger partial charge on any atom is -0.476 e. The van der Waals surface area contributed by atoms with Gasteiger partial charge in [0.25, 0.3) is 6.43 Å². The molecule has 2 aromatic rings. The summed E-state index contributed by atoms with van der Waals surface area (Å²) in [6.45, 7) is 3.90. The summed E-state index contributed by atoms with van der Waals surface area (Å²) in [4.78, 5) is 31.5. The van der Waals surface area contributed by atoms with Crippen LogP contribution in [0.2, 0.25) is 0 Å². The molecule has 0 spiro atoms. The number of rotatable bonds is 5. The van der Waals surface area contributed by atoms with Gasteiger partial charge in [0.2, 0.25) is 5.89 Å². The number of aromatic carboxylic acids is 1. The summed E-state index contributed by atoms with van der Waals surface area (Å²) in [5, 5.41) is 8.88. The third-order valence-electron chi connectivity index (χ3n) is 2.93. The highest BCUT2D eigenvalue weighted by Crippen LogP contribution is 2.24. The summed E-state index contributed by atoms with van der Waals surface area (Å²) in [5.41, 5.74) is -0.922. The fourth-order valence-electron chi connectivity index (χ4n) is 1.92. The molecule has 2 rings (SSSR count). The van der Waals surface area contributed by atoms with Crippen molar-refractivity contribution < 1.29 is 32.6 Å². The number of hydrogen-bond acceptors (Lipinski definition) is 6. The van der Waals surface area contributed by atoms with Gasteiger partial charge in [0, 0.05) is 11.8 Å². The number of oxazole rings is 1. The van der Waals surface area contributed by atoms with E-state index in [-0.39, 0.29) is 23.0 Å². The first kappa shape index (κ1) is 19.3. The molecule has 0 aromatic carbocycles. The number of carbonyl (C=O) groups excluding carboxylic acids is 1. The predicted molar refractivity (Wildman–Crippen MR) is 86.3 cm³/mol. The zero-order chi connectivity index (χ0) is 19.5. The first-order chi connectivity index (χ1) is 12.1. The van der Waals surface area contributed by atoms with Crippen LogP contribution in [-0.4, -0.2) is 45.7 Å². The second kappa shape index (κ2) is 7.46. The van der Waals surface area contributed by atoms with Gasteiger partial charge in [-0.05, 0) is 32.9 Å². The summed E-state index contributed by atoms with van der Waals surface area (Å²) >= 11 is 0. The maximum Gasteiger partial charge on any atom is 0.416 e. The number of ether oxygens (including phenoxy) is 1. The zero-order valence-corrected chi connectivity index (χ0v) is 14.3. The van der Waals surface area contributed by atoms with Crippen molar-refractivity contribution in [1.29, 1.82) is 0 Å². The lowest BCUT2D eigenvalue weighted by molar-refractivity contribution is 0.0541. The van der Waals surface area contributed by atoms with E-state index in [1.165, 1.54) is 18.3 Å². The molecule has 2 heterocycles. The Kier molecular flexibility index (Phi) is 5.53. The van der Waals surface area contributed by atoms with Crippen molar-refractivity contribution in [2.45, 2.75) is 32.8 Å². The summed E-state index contributed by atoms with van der Waals surface area (Å²) in [7, 11) is 0. The number of hydrogen-bond donors (Lipinski definition) is 1. The lowest BCUT2D eigenvalue weighted by atomic mass is 10.2. The molecule has 140 valence electrons. The molecule has 0 saturated heterocycles. The van der Waals surface area contributed by atoms with Crippen LogP contribution in [0.5, 0.6) is 0 Å². The second-order valence-corrected chi connectivity index (χ2v) is 6.23. The lowest BCUT2D eigenvalue weighted by Gasteiger charge is -2.26. The third-order valence-corrected chi connectivity index (χ3v) is 2.93. The van der Waals surface area contributed by atoms with Gasteiger partial charge in [-0.25, -0.2) is 28.3 Å². The Labute approximate surface area is 147 Å². The smallest absolute Gasteiger partial charge is 0.416 e. The van der Waals surface area contributed by atoms with E-state index in [2.05, 4.69) is 9.97 Å². The van der Waals surface area contributed by atoms with Crippen molar-refractivity contribution in [3.05, 3.63) is 30.3 Å². The normalized spacial score (nSPS) is 11.5. The van der Waals surface area contributed by atoms with Gasteiger partial charge in [-0.2, -0.15) is 0 Å². The highest BCUT2D eigenvalue weighted by atomic mass is 19.3. The maximum absolute atomic E-state index is 12.9. The molecule has 10 heteroatoms. The van der Waals surface area contributed by atoms with Gasteiger partial charge in [-0.3, -0.25) is 4.90 Å². The summed E-state index contributed by atoms with van der Waals surface area (Å²) in [5.74, 6) is -1.43. The van der Waals surface area contributed by atoms with Crippen molar-refractivity contribution in [2.75, 3.05) is 11.4 Å². The number of nitrogens with zero attached hydrogens (tertiary/aromatic N) is 3. The van der Waals surface area contributed by atoms with E-state index in [9.17, 15) is 18.4 Å². The van der Waals surface area contributed by atoms with E-state index in [4.69, 9.17) is 14.3 Å². The van der Waals surface area contributed by atoms with Gasteiger partial charge < -0.3 is 14.3 Å². The summed E-state index contributed by atoms with van der Waals surface area (Å²) in [6, 6.07) is 2.72. The fraction of sp³-hybridized carbons (Fsp3) is 0.375. The van der Waals surface area contributed by atoms with E-state index in [0.717, 1.165) is 6.26 Å². The Morgan fingerprint density at radius 2 is 2.08 bits per heavy atom. The summed E-state index contributed by atoms with van der Waals surface area (Å²) < 4.78 is 36.0. The number of alkyl halides is 2. The van der Waals surface area contributed by atoms with Gasteiger partial charge in [0.05, 0.1) is 6.54 Å². The SMILES string of the molecule is CC(C)(C)OC(=O)N(CC(F)F)c1cc(-c2nc(C(=O)O)co2)ccn1. The second-order valence-electron chi connectivity index (χ2n) is 6.23. The van der Waals surface area contributed by atoms with Crippen LogP contribution in [0.3, 0.4) is 0 Å². The largest absolute Gasteiger partial charge is 0.476 e. The van der Waals surface area contributed by atoms with Crippen LogP contribution in [0.25, 0.3) is 11.5 Å². The number of aromatic nitrogens is 2. The molecule has 0 aliphatic heterocycles. The molecular weight excluding hydrogens is 352 g/mol. The maximum atomic E-state index is 12.9. The Bertz CT molecular complexity index is 801. The van der Waals surface area contributed by atoms with Crippen LogP contribution in [0.15, 0.2) is 29.0 Å². The van der Waals surface area contributed by atoms with Crippen LogP contribution < -0.4 is 4.90 Å². The van der Waals surface area contributed by atoms with Crippen molar-refractivity contribution in [2.24, 2.45) is 0 Å². The molecular formula is C16H17F2N3O5. The number of carboxylic acid groups (broad SMARTS) is 1. The molecule has 0 aliphatic carbocycles. The molecule has 0 fully saturated rings. The molecule has 1 amide bonds. The quantitative estimate of drug-likeness (QED) is 0.860. The third kappa shape index (κ3) is 4.98. The molecule has 0 atom stereocenters. The van der Waals surface area contributed by atoms with E-state index in [0.29, 0.717) is 4.90 Å². The molecule has 0 saturated carbocycles. The zero-order valence-electron chi connectivity index (χ0n) is 14.3. The molecule has 2 aromatic heterocycles. The van der Waals surface area contributed by atoms with Crippen LogP contribution in [0.4, 0.5) is 19.4 Å². The van der Waals surface area contributed by atoms with Crippen LogP contribution >= 0.6 is 0 Å².